The smallest absolute Gasteiger partial charge is 0.240 e. The molecular weight excluding hydrogens is 356 g/mol. The van der Waals surface area contributed by atoms with Crippen molar-refractivity contribution in [1.29, 1.82) is 0 Å². The van der Waals surface area contributed by atoms with Crippen LogP contribution in [0.1, 0.15) is 18.1 Å². The number of rotatable bonds is 4. The Bertz CT molecular complexity index is 997. The van der Waals surface area contributed by atoms with Gasteiger partial charge in [-0.05, 0) is 38.0 Å². The van der Waals surface area contributed by atoms with E-state index in [1.165, 1.54) is 22.9 Å². The standard InChI is InChI=1S/C21H22N4OS/c1-14-7-6-9-17(13-14)19-22-23-21(24(19)3)27-15(2)20(26)25-12-11-16-8-4-5-10-18(16)25/h4-10,13,15H,11-12H2,1-3H3. The van der Waals surface area contributed by atoms with Crippen LogP contribution < -0.4 is 4.90 Å². The molecule has 5 nitrogen and oxygen atoms in total. The Morgan fingerprint density at radius 2 is 1.96 bits per heavy atom. The van der Waals surface area contributed by atoms with Crippen LogP contribution in [0.2, 0.25) is 0 Å². The number of hydrogen-bond acceptors (Lipinski definition) is 4. The highest BCUT2D eigenvalue weighted by Gasteiger charge is 2.29. The first kappa shape index (κ1) is 17.8. The minimum absolute atomic E-state index is 0.116. The van der Waals surface area contributed by atoms with Gasteiger partial charge in [0.2, 0.25) is 5.91 Å². The van der Waals surface area contributed by atoms with Crippen LogP contribution >= 0.6 is 11.8 Å². The second-order valence-corrected chi connectivity index (χ2v) is 8.17. The third-order valence-electron chi connectivity index (χ3n) is 4.89. The van der Waals surface area contributed by atoms with Gasteiger partial charge in [-0.2, -0.15) is 0 Å². The first-order valence-corrected chi connectivity index (χ1v) is 9.95. The molecule has 0 fully saturated rings. The number of aryl methyl sites for hydroxylation is 1. The Morgan fingerprint density at radius 1 is 1.15 bits per heavy atom. The molecule has 1 atom stereocenters. The fourth-order valence-corrected chi connectivity index (χ4v) is 4.33. The molecule has 3 aromatic rings. The summed E-state index contributed by atoms with van der Waals surface area (Å²) in [6, 6.07) is 16.3. The summed E-state index contributed by atoms with van der Waals surface area (Å²) >= 11 is 1.46. The maximum atomic E-state index is 13.0. The van der Waals surface area contributed by atoms with E-state index in [0.717, 1.165) is 35.2 Å². The summed E-state index contributed by atoms with van der Waals surface area (Å²) in [6.07, 6.45) is 0.917. The van der Waals surface area contributed by atoms with Crippen LogP contribution in [-0.4, -0.2) is 32.5 Å². The van der Waals surface area contributed by atoms with Crippen molar-refractivity contribution in [2.24, 2.45) is 7.05 Å². The van der Waals surface area contributed by atoms with E-state index in [1.54, 1.807) is 0 Å². The number of anilines is 1. The van der Waals surface area contributed by atoms with E-state index in [4.69, 9.17) is 0 Å². The Balaban J connectivity index is 1.52. The molecule has 6 heteroatoms. The SMILES string of the molecule is Cc1cccc(-c2nnc(SC(C)C(=O)N3CCc4ccccc43)n2C)c1. The Labute approximate surface area is 163 Å². The molecule has 27 heavy (non-hydrogen) atoms. The van der Waals surface area contributed by atoms with Gasteiger partial charge < -0.3 is 9.47 Å². The lowest BCUT2D eigenvalue weighted by Gasteiger charge is -2.21. The van der Waals surface area contributed by atoms with Gasteiger partial charge in [0.25, 0.3) is 0 Å². The molecule has 2 heterocycles. The summed E-state index contributed by atoms with van der Waals surface area (Å²) < 4.78 is 1.96. The van der Waals surface area contributed by atoms with Crippen LogP contribution in [0.4, 0.5) is 5.69 Å². The fraction of sp³-hybridized carbons (Fsp3) is 0.286. The van der Waals surface area contributed by atoms with Crippen LogP contribution in [0.25, 0.3) is 11.4 Å². The zero-order valence-corrected chi connectivity index (χ0v) is 16.5. The van der Waals surface area contributed by atoms with Crippen molar-refractivity contribution < 1.29 is 4.79 Å². The molecule has 138 valence electrons. The van der Waals surface area contributed by atoms with Gasteiger partial charge in [-0.3, -0.25) is 4.79 Å². The van der Waals surface area contributed by atoms with Crippen molar-refractivity contribution in [1.82, 2.24) is 14.8 Å². The monoisotopic (exact) mass is 378 g/mol. The third-order valence-corrected chi connectivity index (χ3v) is 6.02. The molecule has 1 amide bonds. The molecule has 1 aliphatic heterocycles. The van der Waals surface area contributed by atoms with Crippen molar-refractivity contribution in [2.45, 2.75) is 30.7 Å². The number of benzene rings is 2. The molecule has 0 aliphatic carbocycles. The Kier molecular flexibility index (Phi) is 4.74. The normalized spacial score (nSPS) is 14.3. The first-order valence-electron chi connectivity index (χ1n) is 9.07. The maximum Gasteiger partial charge on any atom is 0.240 e. The summed E-state index contributed by atoms with van der Waals surface area (Å²) in [6.45, 7) is 4.75. The molecular formula is C21H22N4OS. The quantitative estimate of drug-likeness (QED) is 0.647. The second kappa shape index (κ2) is 7.19. The Morgan fingerprint density at radius 3 is 2.78 bits per heavy atom. The average Bonchev–Trinajstić information content (AvgIpc) is 3.25. The van der Waals surface area contributed by atoms with Gasteiger partial charge in [-0.25, -0.2) is 0 Å². The van der Waals surface area contributed by atoms with Gasteiger partial charge in [0.1, 0.15) is 0 Å². The fourth-order valence-electron chi connectivity index (χ4n) is 3.45. The average molecular weight is 379 g/mol. The number of carbonyl (C=O) groups excluding carboxylic acids is 1. The molecule has 0 saturated heterocycles. The van der Waals surface area contributed by atoms with E-state index in [9.17, 15) is 4.79 Å². The van der Waals surface area contributed by atoms with Gasteiger partial charge in [0, 0.05) is 24.8 Å². The zero-order chi connectivity index (χ0) is 19.0. The Hall–Kier alpha value is -2.60. The molecule has 0 saturated carbocycles. The van der Waals surface area contributed by atoms with Gasteiger partial charge in [0.05, 0.1) is 5.25 Å². The summed E-state index contributed by atoms with van der Waals surface area (Å²) in [5.41, 5.74) is 4.49. The number of amides is 1. The number of hydrogen-bond donors (Lipinski definition) is 0. The molecule has 0 bridgehead atoms. The molecule has 0 radical (unpaired) electrons. The van der Waals surface area contributed by atoms with Crippen LogP contribution in [0, 0.1) is 6.92 Å². The van der Waals surface area contributed by atoms with Crippen LogP contribution in [-0.2, 0) is 18.3 Å². The first-order chi connectivity index (χ1) is 13.0. The maximum absolute atomic E-state index is 13.0. The van der Waals surface area contributed by atoms with Gasteiger partial charge in [-0.15, -0.1) is 10.2 Å². The number of para-hydroxylation sites is 1. The molecule has 2 aromatic carbocycles. The zero-order valence-electron chi connectivity index (χ0n) is 15.7. The number of aromatic nitrogens is 3. The summed E-state index contributed by atoms with van der Waals surface area (Å²) in [4.78, 5) is 14.9. The third kappa shape index (κ3) is 3.37. The van der Waals surface area contributed by atoms with Crippen molar-refractivity contribution in [3.8, 4) is 11.4 Å². The molecule has 0 spiro atoms. The second-order valence-electron chi connectivity index (χ2n) is 6.86. The highest BCUT2D eigenvalue weighted by molar-refractivity contribution is 8.00. The lowest BCUT2D eigenvalue weighted by atomic mass is 10.1. The van der Waals surface area contributed by atoms with E-state index >= 15 is 0 Å². The number of nitrogens with zero attached hydrogens (tertiary/aromatic N) is 4. The number of fused-ring (bicyclic) bond motifs is 1. The van der Waals surface area contributed by atoms with E-state index < -0.39 is 0 Å². The minimum Gasteiger partial charge on any atom is -0.311 e. The van der Waals surface area contributed by atoms with Crippen molar-refractivity contribution in [3.63, 3.8) is 0 Å². The van der Waals surface area contributed by atoms with Crippen LogP contribution in [0.15, 0.2) is 53.7 Å². The van der Waals surface area contributed by atoms with Crippen molar-refractivity contribution in [3.05, 3.63) is 59.7 Å². The van der Waals surface area contributed by atoms with Gasteiger partial charge >= 0.3 is 0 Å². The topological polar surface area (TPSA) is 51.0 Å². The number of thioether (sulfide) groups is 1. The van der Waals surface area contributed by atoms with E-state index in [0.29, 0.717) is 0 Å². The lowest BCUT2D eigenvalue weighted by molar-refractivity contribution is -0.117. The molecule has 1 unspecified atom stereocenters. The lowest BCUT2D eigenvalue weighted by Crippen LogP contribution is -2.35. The van der Waals surface area contributed by atoms with Crippen molar-refractivity contribution >= 4 is 23.4 Å². The van der Waals surface area contributed by atoms with Crippen molar-refractivity contribution in [2.75, 3.05) is 11.4 Å². The predicted octanol–water partition coefficient (Wildman–Crippen LogP) is 3.86. The van der Waals surface area contributed by atoms with Crippen LogP contribution in [0.5, 0.6) is 0 Å². The molecule has 1 aliphatic rings. The van der Waals surface area contributed by atoms with E-state index in [2.05, 4.69) is 35.3 Å². The summed E-state index contributed by atoms with van der Waals surface area (Å²) in [5, 5.41) is 9.18. The largest absolute Gasteiger partial charge is 0.311 e. The number of carbonyl (C=O) groups is 1. The highest BCUT2D eigenvalue weighted by atomic mass is 32.2. The molecule has 1 aromatic heterocycles. The summed E-state index contributed by atoms with van der Waals surface area (Å²) in [7, 11) is 1.95. The summed E-state index contributed by atoms with van der Waals surface area (Å²) in [5.74, 6) is 0.928. The highest BCUT2D eigenvalue weighted by Crippen LogP contribution is 2.32. The van der Waals surface area contributed by atoms with E-state index in [1.807, 2.05) is 53.8 Å². The van der Waals surface area contributed by atoms with E-state index in [-0.39, 0.29) is 11.2 Å². The van der Waals surface area contributed by atoms with Gasteiger partial charge in [-0.1, -0.05) is 53.7 Å². The molecule has 0 N–H and O–H groups in total. The predicted molar refractivity (Wildman–Crippen MR) is 109 cm³/mol. The minimum atomic E-state index is -0.232. The van der Waals surface area contributed by atoms with Crippen LogP contribution in [0.3, 0.4) is 0 Å². The molecule has 4 rings (SSSR count). The van der Waals surface area contributed by atoms with Gasteiger partial charge in [0.15, 0.2) is 11.0 Å².